The van der Waals surface area contributed by atoms with Gasteiger partial charge in [-0.2, -0.15) is 0 Å². The molecule has 1 saturated heterocycles. The number of hydrogen-bond donors (Lipinski definition) is 1. The Morgan fingerprint density at radius 2 is 1.94 bits per heavy atom. The van der Waals surface area contributed by atoms with Crippen LogP contribution in [0.25, 0.3) is 0 Å². The van der Waals surface area contributed by atoms with Gasteiger partial charge in [0.15, 0.2) is 5.78 Å². The van der Waals surface area contributed by atoms with Crippen molar-refractivity contribution in [2.75, 3.05) is 6.54 Å². The Labute approximate surface area is 190 Å². The maximum atomic E-state index is 13.4. The van der Waals surface area contributed by atoms with Gasteiger partial charge in [-0.15, -0.1) is 11.3 Å². The summed E-state index contributed by atoms with van der Waals surface area (Å²) in [6, 6.07) is 13.4. The molecular formula is C25H25N3O3S. The summed E-state index contributed by atoms with van der Waals surface area (Å²) in [5.74, 6) is -0.535. The van der Waals surface area contributed by atoms with Crippen LogP contribution < -0.4 is 5.32 Å². The second-order valence-corrected chi connectivity index (χ2v) is 9.62. The van der Waals surface area contributed by atoms with Crippen LogP contribution in [-0.4, -0.2) is 33.7 Å². The average molecular weight is 448 g/mol. The largest absolute Gasteiger partial charge is 0.344 e. The third-order valence-corrected chi connectivity index (χ3v) is 7.68. The lowest BCUT2D eigenvalue weighted by Crippen LogP contribution is -2.46. The van der Waals surface area contributed by atoms with E-state index in [1.807, 2.05) is 49.6 Å². The summed E-state index contributed by atoms with van der Waals surface area (Å²) in [5.41, 5.74) is 3.39. The molecule has 3 aromatic rings. The summed E-state index contributed by atoms with van der Waals surface area (Å²) in [4.78, 5) is 41.7. The Morgan fingerprint density at radius 1 is 1.16 bits per heavy atom. The standard InChI is InChI=1S/C25H25N3O3S/c1-16-13-19(17(2)27(16)14-18-7-4-3-5-8-18)21(29)15-28-23(30)25(26-24(28)31)11-6-9-22-20(25)10-12-32-22/h3-5,7-8,10,12-13H,6,9,11,14-15H2,1-2H3,(H,26,31)/t25-/m0/s1. The van der Waals surface area contributed by atoms with Gasteiger partial charge in [0.2, 0.25) is 0 Å². The van der Waals surface area contributed by atoms with Crippen LogP contribution in [0.3, 0.4) is 0 Å². The highest BCUT2D eigenvalue weighted by molar-refractivity contribution is 7.10. The number of fused-ring (bicyclic) bond motifs is 2. The predicted octanol–water partition coefficient (Wildman–Crippen LogP) is 4.18. The van der Waals surface area contributed by atoms with Crippen LogP contribution in [0.15, 0.2) is 47.8 Å². The molecule has 1 atom stereocenters. The van der Waals surface area contributed by atoms with Crippen LogP contribution in [0.4, 0.5) is 4.79 Å². The third-order valence-electron chi connectivity index (χ3n) is 6.70. The van der Waals surface area contributed by atoms with Crippen molar-refractivity contribution in [2.24, 2.45) is 0 Å². The average Bonchev–Trinajstić information content (AvgIpc) is 3.44. The van der Waals surface area contributed by atoms with Crippen LogP contribution in [0, 0.1) is 13.8 Å². The minimum Gasteiger partial charge on any atom is -0.344 e. The Morgan fingerprint density at radius 3 is 2.72 bits per heavy atom. The second kappa shape index (κ2) is 7.74. The highest BCUT2D eigenvalue weighted by Crippen LogP contribution is 2.42. The number of nitrogens with one attached hydrogen (secondary N) is 1. The van der Waals surface area contributed by atoms with E-state index in [9.17, 15) is 14.4 Å². The van der Waals surface area contributed by atoms with E-state index in [0.29, 0.717) is 18.5 Å². The maximum Gasteiger partial charge on any atom is 0.325 e. The first-order valence-corrected chi connectivity index (χ1v) is 11.7. The van der Waals surface area contributed by atoms with E-state index in [0.717, 1.165) is 45.1 Å². The number of nitrogens with zero attached hydrogens (tertiary/aromatic N) is 2. The van der Waals surface area contributed by atoms with E-state index >= 15 is 0 Å². The van der Waals surface area contributed by atoms with Crippen molar-refractivity contribution in [1.82, 2.24) is 14.8 Å². The summed E-state index contributed by atoms with van der Waals surface area (Å²) < 4.78 is 2.09. The zero-order valence-electron chi connectivity index (χ0n) is 18.2. The molecule has 0 radical (unpaired) electrons. The van der Waals surface area contributed by atoms with Crippen LogP contribution in [0.2, 0.25) is 0 Å². The first-order chi connectivity index (χ1) is 15.4. The molecule has 1 N–H and O–H groups in total. The molecule has 32 heavy (non-hydrogen) atoms. The molecule has 7 heteroatoms. The summed E-state index contributed by atoms with van der Waals surface area (Å²) in [7, 11) is 0. The Hall–Kier alpha value is -3.19. The van der Waals surface area contributed by atoms with Gasteiger partial charge in [-0.1, -0.05) is 30.3 Å². The van der Waals surface area contributed by atoms with E-state index in [-0.39, 0.29) is 18.2 Å². The van der Waals surface area contributed by atoms with Gasteiger partial charge in [0.05, 0.1) is 6.54 Å². The van der Waals surface area contributed by atoms with Crippen molar-refractivity contribution in [1.29, 1.82) is 0 Å². The van der Waals surface area contributed by atoms with Gasteiger partial charge in [0.1, 0.15) is 5.54 Å². The zero-order valence-corrected chi connectivity index (χ0v) is 19.0. The fraction of sp³-hybridized carbons (Fsp3) is 0.320. The van der Waals surface area contributed by atoms with Gasteiger partial charge in [0, 0.05) is 33.9 Å². The van der Waals surface area contributed by atoms with Gasteiger partial charge in [-0.25, -0.2) is 4.79 Å². The summed E-state index contributed by atoms with van der Waals surface area (Å²) in [6.07, 6.45) is 2.32. The number of hydrogen-bond acceptors (Lipinski definition) is 4. The molecule has 1 fully saturated rings. The topological polar surface area (TPSA) is 71.4 Å². The molecule has 1 aromatic carbocycles. The van der Waals surface area contributed by atoms with E-state index in [1.165, 1.54) is 0 Å². The minimum absolute atomic E-state index is 0.223. The molecular weight excluding hydrogens is 422 g/mol. The number of aryl methyl sites for hydroxylation is 2. The highest BCUT2D eigenvalue weighted by atomic mass is 32.1. The predicted molar refractivity (Wildman–Crippen MR) is 123 cm³/mol. The van der Waals surface area contributed by atoms with Crippen molar-refractivity contribution >= 4 is 29.1 Å². The highest BCUT2D eigenvalue weighted by Gasteiger charge is 2.54. The summed E-state index contributed by atoms with van der Waals surface area (Å²) in [6.45, 7) is 4.30. The molecule has 2 aromatic heterocycles. The number of Topliss-reactive ketones (excluding diaryl/α,β-unsaturated/α-hetero) is 1. The fourth-order valence-electron chi connectivity index (χ4n) is 5.01. The van der Waals surface area contributed by atoms with Crippen LogP contribution in [-0.2, 0) is 23.3 Å². The Balaban J connectivity index is 1.39. The number of aromatic nitrogens is 1. The number of amides is 3. The van der Waals surface area contributed by atoms with Crippen molar-refractivity contribution in [3.05, 3.63) is 80.8 Å². The van der Waals surface area contributed by atoms with Gasteiger partial charge in [-0.3, -0.25) is 14.5 Å². The monoisotopic (exact) mass is 447 g/mol. The van der Waals surface area contributed by atoms with Gasteiger partial charge < -0.3 is 9.88 Å². The number of carbonyl (C=O) groups is 3. The minimum atomic E-state index is -1.02. The number of rotatable bonds is 5. The summed E-state index contributed by atoms with van der Waals surface area (Å²) in [5, 5.41) is 4.88. The molecule has 0 saturated carbocycles. The molecule has 1 spiro atoms. The van der Waals surface area contributed by atoms with Gasteiger partial charge in [-0.05, 0) is 56.2 Å². The molecule has 164 valence electrons. The lowest BCUT2D eigenvalue weighted by atomic mass is 9.80. The molecule has 1 aliphatic heterocycles. The van der Waals surface area contributed by atoms with Crippen molar-refractivity contribution in [3.63, 3.8) is 0 Å². The second-order valence-electron chi connectivity index (χ2n) is 8.62. The summed E-state index contributed by atoms with van der Waals surface area (Å²) >= 11 is 1.62. The molecule has 2 aliphatic rings. The van der Waals surface area contributed by atoms with Crippen LogP contribution >= 0.6 is 11.3 Å². The third kappa shape index (κ3) is 3.19. The van der Waals surface area contributed by atoms with Crippen molar-refractivity contribution in [2.45, 2.75) is 45.2 Å². The Bertz CT molecular complexity index is 1230. The van der Waals surface area contributed by atoms with E-state index in [4.69, 9.17) is 0 Å². The first kappa shape index (κ1) is 20.7. The number of carbonyl (C=O) groups excluding carboxylic acids is 3. The van der Waals surface area contributed by atoms with Gasteiger partial charge in [0.25, 0.3) is 5.91 Å². The molecule has 0 bridgehead atoms. The number of ketones is 1. The maximum absolute atomic E-state index is 13.4. The first-order valence-electron chi connectivity index (χ1n) is 10.9. The SMILES string of the molecule is Cc1cc(C(=O)CN2C(=O)N[C@]3(CCCc4sccc43)C2=O)c(C)n1Cc1ccccc1. The molecule has 1 aliphatic carbocycles. The molecule has 3 amide bonds. The lowest BCUT2D eigenvalue weighted by molar-refractivity contribution is -0.131. The quantitative estimate of drug-likeness (QED) is 0.471. The van der Waals surface area contributed by atoms with Gasteiger partial charge >= 0.3 is 6.03 Å². The van der Waals surface area contributed by atoms with Crippen LogP contribution in [0.1, 0.15) is 50.6 Å². The fourth-order valence-corrected chi connectivity index (χ4v) is 6.01. The lowest BCUT2D eigenvalue weighted by Gasteiger charge is -2.31. The van der Waals surface area contributed by atoms with Crippen LogP contribution in [0.5, 0.6) is 0 Å². The van der Waals surface area contributed by atoms with Crippen molar-refractivity contribution < 1.29 is 14.4 Å². The number of urea groups is 1. The zero-order chi connectivity index (χ0) is 22.5. The number of thiophene rings is 1. The van der Waals surface area contributed by atoms with Crippen molar-refractivity contribution in [3.8, 4) is 0 Å². The van der Waals surface area contributed by atoms with E-state index in [2.05, 4.69) is 22.0 Å². The van der Waals surface area contributed by atoms with E-state index in [1.54, 1.807) is 11.3 Å². The number of imide groups is 1. The van der Waals surface area contributed by atoms with E-state index < -0.39 is 11.6 Å². The molecule has 5 rings (SSSR count). The molecule has 0 unspecified atom stereocenters. The normalized spacial score (nSPS) is 20.0. The number of benzene rings is 1. The smallest absolute Gasteiger partial charge is 0.325 e. The molecule has 3 heterocycles. The molecule has 6 nitrogen and oxygen atoms in total. The Kier molecular flexibility index (Phi) is 5.01.